The van der Waals surface area contributed by atoms with E-state index in [-0.39, 0.29) is 17.7 Å². The molecule has 0 spiro atoms. The molecule has 200 valence electrons. The Morgan fingerprint density at radius 3 is 1.46 bits per heavy atom. The summed E-state index contributed by atoms with van der Waals surface area (Å²) in [6.45, 7) is 13.0. The number of rotatable bonds is 4. The number of hydrogen-bond acceptors (Lipinski definition) is 10. The first-order valence-electron chi connectivity index (χ1n) is 12.7. The topological polar surface area (TPSA) is 122 Å². The zero-order valence-corrected chi connectivity index (χ0v) is 22.4. The molecule has 2 aliphatic heterocycles. The minimum atomic E-state index is -0.486. The number of piperidine rings is 1. The second-order valence-corrected chi connectivity index (χ2v) is 10.2. The van der Waals surface area contributed by atoms with Crippen molar-refractivity contribution in [1.82, 2.24) is 24.8 Å². The Kier molecular flexibility index (Phi) is 9.48. The summed E-state index contributed by atoms with van der Waals surface area (Å²) in [5.74, 6) is 1.29. The molecule has 0 aliphatic carbocycles. The van der Waals surface area contributed by atoms with Crippen LogP contribution in [0.2, 0.25) is 0 Å². The summed E-state index contributed by atoms with van der Waals surface area (Å²) < 4.78 is 5.36. The Morgan fingerprint density at radius 2 is 1.08 bits per heavy atom. The summed E-state index contributed by atoms with van der Waals surface area (Å²) in [5, 5.41) is 0. The van der Waals surface area contributed by atoms with Gasteiger partial charge in [0, 0.05) is 64.1 Å². The first-order valence-corrected chi connectivity index (χ1v) is 12.7. The molecule has 2 aromatic heterocycles. The Morgan fingerprint density at radius 1 is 0.676 bits per heavy atom. The third kappa shape index (κ3) is 8.47. The molecule has 0 atom stereocenters. The van der Waals surface area contributed by atoms with Crippen LogP contribution in [-0.4, -0.2) is 87.4 Å². The van der Waals surface area contributed by atoms with Crippen molar-refractivity contribution in [1.29, 1.82) is 0 Å². The fraction of sp³-hybridized carbons (Fsp3) is 0.577. The van der Waals surface area contributed by atoms with Gasteiger partial charge in [0.15, 0.2) is 11.6 Å². The number of piperazine rings is 1. The molecule has 2 saturated heterocycles. The molecule has 2 aromatic rings. The zero-order valence-electron chi connectivity index (χ0n) is 22.4. The maximum atomic E-state index is 12.0. The standard InChI is InChI=1S/C15H22N4O3.C11H15N3O/c1-11(20)12-9-16-13(17-10-12)18-5-7-19(8-6-18)14(21)22-15(2,3)4;1-9(15)10-7-12-11(13-8-10)14-5-3-2-4-6-14/h9-10H,5-8H2,1-4H3;7-8H,2-6H2,1H3. The lowest BCUT2D eigenvalue weighted by Gasteiger charge is -2.35. The number of anilines is 2. The smallest absolute Gasteiger partial charge is 0.410 e. The normalized spacial score (nSPS) is 16.0. The van der Waals surface area contributed by atoms with Crippen LogP contribution in [0.3, 0.4) is 0 Å². The van der Waals surface area contributed by atoms with Gasteiger partial charge in [-0.05, 0) is 53.9 Å². The van der Waals surface area contributed by atoms with Crippen LogP contribution in [0, 0.1) is 0 Å². The van der Waals surface area contributed by atoms with Gasteiger partial charge in [-0.3, -0.25) is 9.59 Å². The first-order chi connectivity index (χ1) is 17.5. The Balaban J connectivity index is 0.000000220. The van der Waals surface area contributed by atoms with Crippen molar-refractivity contribution in [2.24, 2.45) is 0 Å². The summed E-state index contributed by atoms with van der Waals surface area (Å²) in [5.41, 5.74) is 0.590. The van der Waals surface area contributed by atoms with Gasteiger partial charge < -0.3 is 19.4 Å². The quantitative estimate of drug-likeness (QED) is 0.564. The summed E-state index contributed by atoms with van der Waals surface area (Å²) >= 11 is 0. The highest BCUT2D eigenvalue weighted by Gasteiger charge is 2.26. The van der Waals surface area contributed by atoms with Crippen LogP contribution in [0.15, 0.2) is 24.8 Å². The largest absolute Gasteiger partial charge is 0.444 e. The number of ketones is 2. The average molecular weight is 512 g/mol. The fourth-order valence-electron chi connectivity index (χ4n) is 3.84. The van der Waals surface area contributed by atoms with Gasteiger partial charge in [0.1, 0.15) is 5.60 Å². The van der Waals surface area contributed by atoms with Crippen LogP contribution < -0.4 is 9.80 Å². The highest BCUT2D eigenvalue weighted by molar-refractivity contribution is 5.93. The second-order valence-electron chi connectivity index (χ2n) is 10.2. The van der Waals surface area contributed by atoms with Gasteiger partial charge in [-0.25, -0.2) is 24.7 Å². The van der Waals surface area contributed by atoms with E-state index in [1.165, 1.54) is 45.5 Å². The summed E-state index contributed by atoms with van der Waals surface area (Å²) in [6.07, 6.45) is 9.70. The molecular weight excluding hydrogens is 474 g/mol. The molecule has 0 bridgehead atoms. The Bertz CT molecular complexity index is 1050. The van der Waals surface area contributed by atoms with Crippen LogP contribution in [0.5, 0.6) is 0 Å². The lowest BCUT2D eigenvalue weighted by Crippen LogP contribution is -2.50. The van der Waals surface area contributed by atoms with Crippen LogP contribution in [0.1, 0.15) is 74.6 Å². The molecule has 0 radical (unpaired) electrons. The number of aromatic nitrogens is 4. The number of carbonyl (C=O) groups excluding carboxylic acids is 3. The van der Waals surface area contributed by atoms with Crippen molar-refractivity contribution in [3.05, 3.63) is 35.9 Å². The average Bonchev–Trinajstić information content (AvgIpc) is 2.89. The molecule has 0 N–H and O–H groups in total. The fourth-order valence-corrected chi connectivity index (χ4v) is 3.84. The second kappa shape index (κ2) is 12.6. The van der Waals surface area contributed by atoms with E-state index >= 15 is 0 Å². The van der Waals surface area contributed by atoms with Crippen LogP contribution in [-0.2, 0) is 4.74 Å². The minimum Gasteiger partial charge on any atom is -0.444 e. The lowest BCUT2D eigenvalue weighted by atomic mass is 10.1. The van der Waals surface area contributed by atoms with Crippen molar-refractivity contribution in [2.45, 2.75) is 59.5 Å². The van der Waals surface area contributed by atoms with E-state index < -0.39 is 5.60 Å². The van der Waals surface area contributed by atoms with Gasteiger partial charge in [-0.2, -0.15) is 0 Å². The van der Waals surface area contributed by atoms with Gasteiger partial charge in [-0.15, -0.1) is 0 Å². The van der Waals surface area contributed by atoms with E-state index in [9.17, 15) is 14.4 Å². The summed E-state index contributed by atoms with van der Waals surface area (Å²) in [6, 6.07) is 0. The molecule has 4 rings (SSSR count). The predicted molar refractivity (Wildman–Crippen MR) is 140 cm³/mol. The molecule has 2 fully saturated rings. The number of carbonyl (C=O) groups is 3. The number of Topliss-reactive ketones (excluding diaryl/α,β-unsaturated/α-hetero) is 2. The van der Waals surface area contributed by atoms with Gasteiger partial charge in [-0.1, -0.05) is 0 Å². The molecule has 11 nitrogen and oxygen atoms in total. The van der Waals surface area contributed by atoms with Crippen molar-refractivity contribution in [2.75, 3.05) is 49.1 Å². The van der Waals surface area contributed by atoms with Gasteiger partial charge in [0.2, 0.25) is 11.9 Å². The van der Waals surface area contributed by atoms with E-state index in [2.05, 4.69) is 24.8 Å². The van der Waals surface area contributed by atoms with Crippen LogP contribution >= 0.6 is 0 Å². The van der Waals surface area contributed by atoms with Crippen LogP contribution in [0.25, 0.3) is 0 Å². The molecular formula is C26H37N7O4. The number of nitrogens with zero attached hydrogens (tertiary/aromatic N) is 7. The summed E-state index contributed by atoms with van der Waals surface area (Å²) in [7, 11) is 0. The van der Waals surface area contributed by atoms with Crippen molar-refractivity contribution in [3.63, 3.8) is 0 Å². The highest BCUT2D eigenvalue weighted by Crippen LogP contribution is 2.16. The van der Waals surface area contributed by atoms with E-state index in [4.69, 9.17) is 4.74 Å². The SMILES string of the molecule is CC(=O)c1cnc(N2CCCCC2)nc1.CC(=O)c1cnc(N2CCN(C(=O)OC(C)(C)C)CC2)nc1. The number of ether oxygens (including phenoxy) is 1. The predicted octanol–water partition coefficient (Wildman–Crippen LogP) is 3.41. The maximum absolute atomic E-state index is 12.0. The first kappa shape index (κ1) is 27.9. The highest BCUT2D eigenvalue weighted by atomic mass is 16.6. The molecule has 2 aliphatic rings. The third-order valence-corrected chi connectivity index (χ3v) is 5.94. The van der Waals surface area contributed by atoms with Crippen molar-refractivity contribution < 1.29 is 19.1 Å². The number of hydrogen-bond donors (Lipinski definition) is 0. The van der Waals surface area contributed by atoms with Crippen LogP contribution in [0.4, 0.5) is 16.7 Å². The van der Waals surface area contributed by atoms with E-state index in [0.29, 0.717) is 43.3 Å². The van der Waals surface area contributed by atoms with Crippen molar-refractivity contribution in [3.8, 4) is 0 Å². The Hall–Kier alpha value is -3.63. The minimum absolute atomic E-state index is 0.0141. The molecule has 11 heteroatoms. The zero-order chi connectivity index (χ0) is 27.0. The molecule has 1 amide bonds. The molecule has 0 unspecified atom stereocenters. The van der Waals surface area contributed by atoms with E-state index in [0.717, 1.165) is 19.0 Å². The van der Waals surface area contributed by atoms with E-state index in [1.807, 2.05) is 25.7 Å². The molecule has 37 heavy (non-hydrogen) atoms. The molecule has 0 saturated carbocycles. The lowest BCUT2D eigenvalue weighted by molar-refractivity contribution is 0.0240. The summed E-state index contributed by atoms with van der Waals surface area (Å²) in [4.78, 5) is 57.0. The van der Waals surface area contributed by atoms with Gasteiger partial charge in [0.05, 0.1) is 11.1 Å². The third-order valence-electron chi connectivity index (χ3n) is 5.94. The Labute approximate surface area is 218 Å². The van der Waals surface area contributed by atoms with Crippen molar-refractivity contribution >= 4 is 29.6 Å². The maximum Gasteiger partial charge on any atom is 0.410 e. The molecule has 4 heterocycles. The van der Waals surface area contributed by atoms with Gasteiger partial charge in [0.25, 0.3) is 0 Å². The molecule has 0 aromatic carbocycles. The van der Waals surface area contributed by atoms with E-state index in [1.54, 1.807) is 17.3 Å². The van der Waals surface area contributed by atoms with Gasteiger partial charge >= 0.3 is 6.09 Å². The monoisotopic (exact) mass is 511 g/mol. The number of amides is 1.